The Hall–Kier alpha value is -1.85. The van der Waals surface area contributed by atoms with Crippen molar-refractivity contribution < 1.29 is 9.90 Å². The van der Waals surface area contributed by atoms with Crippen LogP contribution in [0.5, 0.6) is 0 Å². The molecular formula is C23H30ClN3O2. The van der Waals surface area contributed by atoms with Crippen LogP contribution in [0.2, 0.25) is 5.02 Å². The van der Waals surface area contributed by atoms with Crippen LogP contribution in [-0.2, 0) is 0 Å². The van der Waals surface area contributed by atoms with E-state index in [1.165, 1.54) is 6.42 Å². The summed E-state index contributed by atoms with van der Waals surface area (Å²) in [4.78, 5) is 19.6. The molecule has 1 aliphatic heterocycles. The number of aromatic nitrogens is 1. The fourth-order valence-electron chi connectivity index (χ4n) is 4.57. The third kappa shape index (κ3) is 4.22. The van der Waals surface area contributed by atoms with Gasteiger partial charge in [-0.1, -0.05) is 11.6 Å². The maximum Gasteiger partial charge on any atom is 0.253 e. The average Bonchev–Trinajstić information content (AvgIpc) is 2.66. The Labute approximate surface area is 177 Å². The molecule has 1 aromatic heterocycles. The molecule has 29 heavy (non-hydrogen) atoms. The van der Waals surface area contributed by atoms with Crippen LogP contribution in [0.25, 0.3) is 10.9 Å². The second kappa shape index (κ2) is 7.77. The van der Waals surface area contributed by atoms with E-state index in [0.717, 1.165) is 48.8 Å². The highest BCUT2D eigenvalue weighted by Crippen LogP contribution is 2.36. The Morgan fingerprint density at radius 3 is 2.52 bits per heavy atom. The summed E-state index contributed by atoms with van der Waals surface area (Å²) in [6.07, 6.45) is 6.47. The largest absolute Gasteiger partial charge is 0.390 e. The van der Waals surface area contributed by atoms with E-state index in [4.69, 9.17) is 11.6 Å². The van der Waals surface area contributed by atoms with Crippen LogP contribution in [0.15, 0.2) is 24.4 Å². The molecule has 1 aliphatic carbocycles. The van der Waals surface area contributed by atoms with Crippen LogP contribution in [-0.4, -0.2) is 40.2 Å². The minimum absolute atomic E-state index is 0.0947. The molecule has 2 heterocycles. The lowest BCUT2D eigenvalue weighted by Gasteiger charge is -2.41. The van der Waals surface area contributed by atoms with Crippen LogP contribution < -0.4 is 10.2 Å². The van der Waals surface area contributed by atoms with Crippen molar-refractivity contribution in [2.24, 2.45) is 5.92 Å². The zero-order valence-corrected chi connectivity index (χ0v) is 18.2. The van der Waals surface area contributed by atoms with Crippen LogP contribution in [0, 0.1) is 5.92 Å². The molecule has 1 saturated carbocycles. The van der Waals surface area contributed by atoms with Crippen molar-refractivity contribution in [1.29, 1.82) is 0 Å². The van der Waals surface area contributed by atoms with E-state index in [1.807, 2.05) is 32.0 Å². The lowest BCUT2D eigenvalue weighted by Crippen LogP contribution is -2.45. The van der Waals surface area contributed by atoms with Crippen LogP contribution in [0.4, 0.5) is 5.69 Å². The fourth-order valence-corrected chi connectivity index (χ4v) is 4.85. The topological polar surface area (TPSA) is 65.5 Å². The molecule has 2 aromatic rings. The van der Waals surface area contributed by atoms with Gasteiger partial charge in [0.25, 0.3) is 5.91 Å². The van der Waals surface area contributed by atoms with Crippen molar-refractivity contribution in [1.82, 2.24) is 10.3 Å². The molecule has 2 N–H and O–H groups in total. The monoisotopic (exact) mass is 415 g/mol. The molecule has 5 nitrogen and oxygen atoms in total. The van der Waals surface area contributed by atoms with Crippen molar-refractivity contribution in [2.75, 3.05) is 11.4 Å². The predicted molar refractivity (Wildman–Crippen MR) is 118 cm³/mol. The number of halogens is 1. The number of rotatable bonds is 4. The molecule has 1 atom stereocenters. The summed E-state index contributed by atoms with van der Waals surface area (Å²) < 4.78 is 0. The highest BCUT2D eigenvalue weighted by Gasteiger charge is 2.32. The highest BCUT2D eigenvalue weighted by atomic mass is 35.5. The summed E-state index contributed by atoms with van der Waals surface area (Å²) in [6.45, 7) is 6.95. The lowest BCUT2D eigenvalue weighted by atomic mass is 9.77. The Balaban J connectivity index is 1.45. The Bertz CT molecular complexity index is 916. The summed E-state index contributed by atoms with van der Waals surface area (Å²) in [5.41, 5.74) is 1.78. The van der Waals surface area contributed by atoms with E-state index in [9.17, 15) is 9.90 Å². The number of fused-ring (bicyclic) bond motifs is 1. The van der Waals surface area contributed by atoms with Gasteiger partial charge in [0.2, 0.25) is 0 Å². The van der Waals surface area contributed by atoms with Crippen molar-refractivity contribution >= 4 is 34.1 Å². The third-order valence-corrected chi connectivity index (χ3v) is 7.01. The second-order valence-corrected chi connectivity index (χ2v) is 9.63. The molecule has 1 saturated heterocycles. The van der Waals surface area contributed by atoms with Crippen LogP contribution in [0.3, 0.4) is 0 Å². The summed E-state index contributed by atoms with van der Waals surface area (Å²) >= 11 is 6.52. The molecule has 0 bridgehead atoms. The molecule has 1 amide bonds. The lowest BCUT2D eigenvalue weighted by molar-refractivity contribution is -0.00257. The molecule has 6 heteroatoms. The number of carbonyl (C=O) groups excluding carboxylic acids is 1. The molecule has 2 aliphatic rings. The number of hydrogen-bond donors (Lipinski definition) is 2. The number of amides is 1. The van der Waals surface area contributed by atoms with Crippen molar-refractivity contribution in [2.45, 2.75) is 70.6 Å². The zero-order valence-electron chi connectivity index (χ0n) is 17.4. The number of hydrogen-bond acceptors (Lipinski definition) is 4. The van der Waals surface area contributed by atoms with Gasteiger partial charge in [-0.05, 0) is 77.0 Å². The van der Waals surface area contributed by atoms with Gasteiger partial charge in [-0.25, -0.2) is 0 Å². The smallest absolute Gasteiger partial charge is 0.253 e. The quantitative estimate of drug-likeness (QED) is 0.768. The molecule has 156 valence electrons. The zero-order chi connectivity index (χ0) is 20.8. The first kappa shape index (κ1) is 20.4. The number of nitrogens with one attached hydrogen (secondary N) is 1. The maximum atomic E-state index is 12.8. The maximum absolute atomic E-state index is 12.8. The van der Waals surface area contributed by atoms with E-state index in [-0.39, 0.29) is 11.9 Å². The molecule has 2 fully saturated rings. The minimum Gasteiger partial charge on any atom is -0.390 e. The third-order valence-electron chi connectivity index (χ3n) is 6.70. The summed E-state index contributed by atoms with van der Waals surface area (Å²) in [6, 6.07) is 6.45. The highest BCUT2D eigenvalue weighted by molar-refractivity contribution is 6.34. The molecule has 0 spiro atoms. The number of pyridine rings is 1. The predicted octanol–water partition coefficient (Wildman–Crippen LogP) is 4.55. The van der Waals surface area contributed by atoms with E-state index >= 15 is 0 Å². The summed E-state index contributed by atoms with van der Waals surface area (Å²) in [5.74, 6) is 0.200. The van der Waals surface area contributed by atoms with Crippen molar-refractivity contribution in [3.05, 3.63) is 35.0 Å². The number of nitrogens with zero attached hydrogens (tertiary/aromatic N) is 2. The Morgan fingerprint density at radius 1 is 1.21 bits per heavy atom. The van der Waals surface area contributed by atoms with E-state index in [0.29, 0.717) is 22.5 Å². The van der Waals surface area contributed by atoms with Crippen LogP contribution in [0.1, 0.15) is 63.2 Å². The molecule has 1 aromatic carbocycles. The second-order valence-electron chi connectivity index (χ2n) is 9.23. The van der Waals surface area contributed by atoms with Crippen LogP contribution >= 0.6 is 11.6 Å². The van der Waals surface area contributed by atoms with E-state index in [2.05, 4.69) is 22.1 Å². The van der Waals surface area contributed by atoms with Crippen molar-refractivity contribution in [3.63, 3.8) is 0 Å². The van der Waals surface area contributed by atoms with Gasteiger partial charge in [-0.2, -0.15) is 0 Å². The first-order valence-electron chi connectivity index (χ1n) is 10.6. The number of carbonyl (C=O) groups is 1. The molecule has 0 unspecified atom stereocenters. The van der Waals surface area contributed by atoms with Gasteiger partial charge >= 0.3 is 0 Å². The van der Waals surface area contributed by atoms with Crippen molar-refractivity contribution in [3.8, 4) is 0 Å². The van der Waals surface area contributed by atoms with Gasteiger partial charge in [-0.15, -0.1) is 0 Å². The Morgan fingerprint density at radius 2 is 1.93 bits per heavy atom. The molecule has 4 rings (SSSR count). The van der Waals surface area contributed by atoms with Gasteiger partial charge in [0.15, 0.2) is 0 Å². The number of benzene rings is 1. The Kier molecular flexibility index (Phi) is 5.47. The number of anilines is 1. The molecular weight excluding hydrogens is 386 g/mol. The first-order valence-corrected chi connectivity index (χ1v) is 11.0. The first-order chi connectivity index (χ1) is 13.7. The summed E-state index contributed by atoms with van der Waals surface area (Å²) in [7, 11) is 0. The van der Waals surface area contributed by atoms with Gasteiger partial charge in [0, 0.05) is 30.2 Å². The standard InChI is InChI=1S/C23H30ClN3O2/c1-14-8-9-27(14)21-12-20-15(11-19(21)24)10-16(13-25-20)22(28)26-18-6-4-17(5-7-18)23(2,3)29/h10-14,17-18,29H,4-9H2,1-3H3,(H,26,28)/t14-,17?,18?/m0/s1. The fraction of sp³-hybridized carbons (Fsp3) is 0.565. The average molecular weight is 416 g/mol. The number of aliphatic hydroxyl groups is 1. The van der Waals surface area contributed by atoms with Gasteiger partial charge < -0.3 is 15.3 Å². The van der Waals surface area contributed by atoms with Gasteiger partial charge in [-0.3, -0.25) is 9.78 Å². The normalized spacial score (nSPS) is 25.0. The molecule has 0 radical (unpaired) electrons. The van der Waals surface area contributed by atoms with Gasteiger partial charge in [0.1, 0.15) is 0 Å². The van der Waals surface area contributed by atoms with E-state index < -0.39 is 5.60 Å². The van der Waals surface area contributed by atoms with Gasteiger partial charge in [0.05, 0.1) is 27.4 Å². The summed E-state index contributed by atoms with van der Waals surface area (Å²) in [5, 5.41) is 14.9. The van der Waals surface area contributed by atoms with E-state index in [1.54, 1.807) is 6.20 Å². The minimum atomic E-state index is -0.650. The SMILES string of the molecule is C[C@H]1CCN1c1cc2ncc(C(=O)NC3CCC(C(C)(C)O)CC3)cc2cc1Cl.